The number of carbonyl (C=O) groups excluding carboxylic acids is 1. The van der Waals surface area contributed by atoms with Gasteiger partial charge in [-0.05, 0) is 23.3 Å². The van der Waals surface area contributed by atoms with E-state index in [2.05, 4.69) is 5.32 Å². The van der Waals surface area contributed by atoms with E-state index in [0.29, 0.717) is 5.75 Å². The molecule has 0 aliphatic carbocycles. The lowest BCUT2D eigenvalue weighted by Gasteiger charge is -2.28. The Bertz CT molecular complexity index is 1250. The Hall–Kier alpha value is -3.66. The third-order valence-electron chi connectivity index (χ3n) is 6.20. The van der Waals surface area contributed by atoms with Crippen molar-refractivity contribution in [2.45, 2.75) is 12.1 Å². The molecule has 1 amide bonds. The summed E-state index contributed by atoms with van der Waals surface area (Å²) < 4.78 is 25.7. The minimum atomic E-state index is -3.12. The topological polar surface area (TPSA) is 64.6 Å². The van der Waals surface area contributed by atoms with E-state index in [-0.39, 0.29) is 12.1 Å². The lowest BCUT2D eigenvalue weighted by molar-refractivity contribution is -0.132. The van der Waals surface area contributed by atoms with E-state index in [9.17, 15) is 9.36 Å². The van der Waals surface area contributed by atoms with Crippen LogP contribution in [-0.2, 0) is 14.1 Å². The number of carbonyl (C=O) groups is 1. The summed E-state index contributed by atoms with van der Waals surface area (Å²) in [7, 11) is 0.00171. The molecular formula is C30H30NO4P. The predicted molar refractivity (Wildman–Crippen MR) is 145 cm³/mol. The van der Waals surface area contributed by atoms with Gasteiger partial charge in [-0.1, -0.05) is 103 Å². The number of hydrogen-bond donors (Lipinski definition) is 1. The van der Waals surface area contributed by atoms with Gasteiger partial charge in [0.1, 0.15) is 12.9 Å². The smallest absolute Gasteiger partial charge is 0.254 e. The molecule has 0 spiro atoms. The predicted octanol–water partition coefficient (Wildman–Crippen LogP) is 5.25. The van der Waals surface area contributed by atoms with Crippen molar-refractivity contribution in [2.75, 3.05) is 20.4 Å². The van der Waals surface area contributed by atoms with Crippen LogP contribution >= 0.6 is 7.14 Å². The van der Waals surface area contributed by atoms with Crippen molar-refractivity contribution >= 4 is 23.7 Å². The molecule has 4 aromatic rings. The molecule has 0 saturated carbocycles. The molecule has 0 aliphatic rings. The Kier molecular flexibility index (Phi) is 8.37. The summed E-state index contributed by atoms with van der Waals surface area (Å²) in [5, 5.41) is 4.63. The Morgan fingerprint density at radius 1 is 0.722 bits per heavy atom. The maximum atomic E-state index is 14.8. The van der Waals surface area contributed by atoms with Gasteiger partial charge in [0, 0.05) is 23.9 Å². The number of rotatable bonds is 10. The van der Waals surface area contributed by atoms with E-state index in [4.69, 9.17) is 9.47 Å². The molecule has 0 heterocycles. The van der Waals surface area contributed by atoms with Crippen molar-refractivity contribution < 1.29 is 18.8 Å². The first-order valence-corrected chi connectivity index (χ1v) is 13.7. The van der Waals surface area contributed by atoms with Crippen LogP contribution in [0.25, 0.3) is 0 Å². The second-order valence-electron chi connectivity index (χ2n) is 8.45. The van der Waals surface area contributed by atoms with E-state index < -0.39 is 19.3 Å². The summed E-state index contributed by atoms with van der Waals surface area (Å²) >= 11 is 0. The molecule has 6 heteroatoms. The second kappa shape index (κ2) is 11.9. The fraction of sp³-hybridized carbons (Fsp3) is 0.167. The summed E-state index contributed by atoms with van der Waals surface area (Å²) in [6, 6.07) is 35.2. The van der Waals surface area contributed by atoms with Crippen molar-refractivity contribution in [1.29, 1.82) is 0 Å². The van der Waals surface area contributed by atoms with Gasteiger partial charge < -0.3 is 19.4 Å². The molecule has 0 bridgehead atoms. The van der Waals surface area contributed by atoms with Gasteiger partial charge in [0.15, 0.2) is 6.10 Å². The molecular weight excluding hydrogens is 469 g/mol. The molecule has 5 nitrogen and oxygen atoms in total. The summed E-state index contributed by atoms with van der Waals surface area (Å²) in [6.45, 7) is 0. The monoisotopic (exact) mass is 499 g/mol. The first kappa shape index (κ1) is 25.4. The van der Waals surface area contributed by atoms with Crippen LogP contribution in [0.15, 0.2) is 115 Å². The minimum Gasteiger partial charge on any atom is -0.497 e. The van der Waals surface area contributed by atoms with Crippen molar-refractivity contribution in [2.24, 2.45) is 0 Å². The maximum Gasteiger partial charge on any atom is 0.254 e. The molecule has 0 saturated heterocycles. The standard InChI is InChI=1S/C30H30NO4P/c1-34-25-20-18-23(19-21-25)28(31-30(32)29(35-2)24-12-6-3-7-13-24)22-36(33,26-14-8-4-9-15-26)27-16-10-5-11-17-27/h3-21,28-29H,22H2,1-2H3,(H,31,32)/t28-,29+/m1/s1. The lowest BCUT2D eigenvalue weighted by atomic mass is 10.1. The Labute approximate surface area is 212 Å². The highest BCUT2D eigenvalue weighted by atomic mass is 31.2. The van der Waals surface area contributed by atoms with Crippen LogP contribution in [0, 0.1) is 0 Å². The summed E-state index contributed by atoms with van der Waals surface area (Å²) in [6.07, 6.45) is -0.579. The van der Waals surface area contributed by atoms with Gasteiger partial charge in [0.2, 0.25) is 0 Å². The van der Waals surface area contributed by atoms with Crippen molar-refractivity contribution in [3.05, 3.63) is 126 Å². The number of nitrogens with one attached hydrogen (secondary N) is 1. The number of hydrogen-bond acceptors (Lipinski definition) is 4. The largest absolute Gasteiger partial charge is 0.497 e. The summed E-state index contributed by atoms with van der Waals surface area (Å²) in [4.78, 5) is 13.5. The Morgan fingerprint density at radius 2 is 1.22 bits per heavy atom. The van der Waals surface area contributed by atoms with Gasteiger partial charge in [-0.2, -0.15) is 0 Å². The van der Waals surface area contributed by atoms with Crippen LogP contribution in [0.3, 0.4) is 0 Å². The van der Waals surface area contributed by atoms with E-state index in [1.807, 2.05) is 115 Å². The van der Waals surface area contributed by atoms with Gasteiger partial charge in [-0.15, -0.1) is 0 Å². The molecule has 4 aromatic carbocycles. The second-order valence-corrected chi connectivity index (χ2v) is 11.3. The van der Waals surface area contributed by atoms with Crippen LogP contribution in [0.1, 0.15) is 23.3 Å². The summed E-state index contributed by atoms with van der Waals surface area (Å²) in [5.41, 5.74) is 1.58. The normalized spacial score (nSPS) is 12.9. The zero-order valence-electron chi connectivity index (χ0n) is 20.4. The molecule has 184 valence electrons. The van der Waals surface area contributed by atoms with E-state index in [1.165, 1.54) is 7.11 Å². The van der Waals surface area contributed by atoms with Gasteiger partial charge in [-0.25, -0.2) is 0 Å². The Morgan fingerprint density at radius 3 is 1.69 bits per heavy atom. The number of methoxy groups -OCH3 is 2. The quantitative estimate of drug-likeness (QED) is 0.303. The third-order valence-corrected chi connectivity index (χ3v) is 9.34. The number of amides is 1. The molecule has 4 rings (SSSR count). The van der Waals surface area contributed by atoms with E-state index >= 15 is 0 Å². The Balaban J connectivity index is 1.74. The zero-order chi connectivity index (χ0) is 25.4. The van der Waals surface area contributed by atoms with Crippen molar-refractivity contribution in [3.63, 3.8) is 0 Å². The van der Waals surface area contributed by atoms with E-state index in [0.717, 1.165) is 21.7 Å². The lowest BCUT2D eigenvalue weighted by Crippen LogP contribution is -2.37. The maximum absolute atomic E-state index is 14.8. The van der Waals surface area contributed by atoms with Gasteiger partial charge in [-0.3, -0.25) is 4.79 Å². The molecule has 36 heavy (non-hydrogen) atoms. The average molecular weight is 500 g/mol. The summed E-state index contributed by atoms with van der Waals surface area (Å²) in [5.74, 6) is 0.411. The fourth-order valence-electron chi connectivity index (χ4n) is 4.29. The molecule has 0 aliphatic heterocycles. The van der Waals surface area contributed by atoms with Gasteiger partial charge >= 0.3 is 0 Å². The number of ether oxygens (including phenoxy) is 2. The van der Waals surface area contributed by atoms with Crippen molar-refractivity contribution in [3.8, 4) is 5.75 Å². The average Bonchev–Trinajstić information content (AvgIpc) is 2.94. The molecule has 0 aromatic heterocycles. The highest BCUT2D eigenvalue weighted by molar-refractivity contribution is 7.78. The third kappa shape index (κ3) is 5.76. The molecule has 1 N–H and O–H groups in total. The van der Waals surface area contributed by atoms with Crippen LogP contribution in [-0.4, -0.2) is 26.3 Å². The van der Waals surface area contributed by atoms with Crippen LogP contribution in [0.5, 0.6) is 5.75 Å². The van der Waals surface area contributed by atoms with E-state index in [1.54, 1.807) is 7.11 Å². The highest BCUT2D eigenvalue weighted by Crippen LogP contribution is 2.46. The zero-order valence-corrected chi connectivity index (χ0v) is 21.3. The number of benzene rings is 4. The molecule has 0 unspecified atom stereocenters. The first-order valence-electron chi connectivity index (χ1n) is 11.8. The SMILES string of the molecule is COc1ccc([C@@H](CP(=O)(c2ccccc2)c2ccccc2)NC(=O)[C@@H](OC)c2ccccc2)cc1. The molecule has 0 fully saturated rings. The molecule has 0 radical (unpaired) electrons. The van der Waals surface area contributed by atoms with Crippen LogP contribution in [0.4, 0.5) is 0 Å². The highest BCUT2D eigenvalue weighted by Gasteiger charge is 2.33. The fourth-order valence-corrected chi connectivity index (χ4v) is 7.14. The van der Waals surface area contributed by atoms with Gasteiger partial charge in [0.25, 0.3) is 5.91 Å². The first-order chi connectivity index (χ1) is 17.5. The minimum absolute atomic E-state index is 0.213. The van der Waals surface area contributed by atoms with Crippen LogP contribution < -0.4 is 20.7 Å². The molecule has 2 atom stereocenters. The van der Waals surface area contributed by atoms with Crippen LogP contribution in [0.2, 0.25) is 0 Å². The van der Waals surface area contributed by atoms with Gasteiger partial charge in [0.05, 0.1) is 13.2 Å². The van der Waals surface area contributed by atoms with Crippen molar-refractivity contribution in [1.82, 2.24) is 5.32 Å².